The molecule has 0 fully saturated rings. The van der Waals surface area contributed by atoms with Gasteiger partial charge in [-0.2, -0.15) is 0 Å². The van der Waals surface area contributed by atoms with Crippen molar-refractivity contribution in [3.8, 4) is 11.5 Å². The van der Waals surface area contributed by atoms with Crippen molar-refractivity contribution in [3.05, 3.63) is 23.8 Å². The van der Waals surface area contributed by atoms with Crippen molar-refractivity contribution >= 4 is 11.8 Å². The normalized spacial score (nSPS) is 12.4. The first kappa shape index (κ1) is 18.0. The highest BCUT2D eigenvalue weighted by Crippen LogP contribution is 2.29. The van der Waals surface area contributed by atoms with Gasteiger partial charge in [0.25, 0.3) is 0 Å². The van der Waals surface area contributed by atoms with Crippen molar-refractivity contribution in [2.75, 3.05) is 19.8 Å². The summed E-state index contributed by atoms with van der Waals surface area (Å²) in [4.78, 5) is 22.8. The van der Waals surface area contributed by atoms with Crippen molar-refractivity contribution in [1.82, 2.24) is 0 Å². The van der Waals surface area contributed by atoms with Gasteiger partial charge in [-0.05, 0) is 25.5 Å². The quantitative estimate of drug-likeness (QED) is 0.595. The summed E-state index contributed by atoms with van der Waals surface area (Å²) < 4.78 is 15.8. The van der Waals surface area contributed by atoms with Crippen LogP contribution in [0.1, 0.15) is 50.4 Å². The lowest BCUT2D eigenvalue weighted by Crippen LogP contribution is -2.15. The number of benzene rings is 1. The van der Waals surface area contributed by atoms with Gasteiger partial charge in [-0.25, -0.2) is 0 Å². The molecule has 1 heterocycles. The zero-order valence-electron chi connectivity index (χ0n) is 13.5. The van der Waals surface area contributed by atoms with Crippen LogP contribution >= 0.6 is 0 Å². The topological polar surface area (TPSA) is 61.8 Å². The number of ketones is 1. The minimum atomic E-state index is -0.213. The lowest BCUT2D eigenvalue weighted by molar-refractivity contribution is -0.143. The van der Waals surface area contributed by atoms with Gasteiger partial charge in [0.05, 0.1) is 25.4 Å². The van der Waals surface area contributed by atoms with Gasteiger partial charge in [0, 0.05) is 18.9 Å². The molecule has 0 saturated carbocycles. The molecule has 0 amide bonds. The Kier molecular flexibility index (Phi) is 8.04. The van der Waals surface area contributed by atoms with E-state index in [1.165, 1.54) is 0 Å². The van der Waals surface area contributed by atoms with Crippen LogP contribution in [-0.4, -0.2) is 31.6 Å². The zero-order chi connectivity index (χ0) is 16.4. The minimum absolute atomic E-state index is 0.0973. The maximum absolute atomic E-state index is 11.6. The molecule has 0 aliphatic carbocycles. The first-order chi connectivity index (χ1) is 10.7. The number of esters is 1. The van der Waals surface area contributed by atoms with E-state index in [0.717, 1.165) is 0 Å². The number of rotatable bonds is 6. The molecule has 0 bridgehead atoms. The summed E-state index contributed by atoms with van der Waals surface area (Å²) in [5, 5.41) is 0. The molecule has 1 aliphatic heterocycles. The molecule has 0 spiro atoms. The fraction of sp³-hybridized carbons (Fsp3) is 0.529. The van der Waals surface area contributed by atoms with Crippen molar-refractivity contribution < 1.29 is 23.8 Å². The Morgan fingerprint density at radius 2 is 2.09 bits per heavy atom. The molecule has 22 heavy (non-hydrogen) atoms. The number of carbonyl (C=O) groups is 2. The predicted octanol–water partition coefficient (Wildman–Crippen LogP) is 3.40. The van der Waals surface area contributed by atoms with Gasteiger partial charge >= 0.3 is 5.97 Å². The highest BCUT2D eigenvalue weighted by Gasteiger charge is 2.18. The third kappa shape index (κ3) is 5.39. The Labute approximate surface area is 131 Å². The molecule has 0 aromatic heterocycles. The Bertz CT molecular complexity index is 496. The number of fused-ring (bicyclic) bond motifs is 1. The van der Waals surface area contributed by atoms with Crippen molar-refractivity contribution in [1.29, 1.82) is 0 Å². The fourth-order valence-electron chi connectivity index (χ4n) is 1.97. The van der Waals surface area contributed by atoms with Crippen LogP contribution in [0.4, 0.5) is 0 Å². The molecule has 5 nitrogen and oxygen atoms in total. The van der Waals surface area contributed by atoms with Crippen LogP contribution in [0.5, 0.6) is 11.5 Å². The maximum Gasteiger partial charge on any atom is 0.305 e. The SMILES string of the molecule is CC.CCOC(=O)CCCOc1ccc2c(c1)OCCC2=O. The summed E-state index contributed by atoms with van der Waals surface area (Å²) >= 11 is 0. The van der Waals surface area contributed by atoms with Gasteiger partial charge < -0.3 is 14.2 Å². The van der Waals surface area contributed by atoms with E-state index in [0.29, 0.717) is 56.1 Å². The second-order valence-corrected chi connectivity index (χ2v) is 4.44. The van der Waals surface area contributed by atoms with Crippen LogP contribution in [0, 0.1) is 0 Å². The first-order valence-corrected chi connectivity index (χ1v) is 7.79. The molecule has 5 heteroatoms. The average molecular weight is 308 g/mol. The predicted molar refractivity (Wildman–Crippen MR) is 83.6 cm³/mol. The molecule has 2 rings (SSSR count). The molecule has 0 N–H and O–H groups in total. The Hall–Kier alpha value is -2.04. The van der Waals surface area contributed by atoms with Gasteiger partial charge in [-0.15, -0.1) is 0 Å². The molecule has 122 valence electrons. The van der Waals surface area contributed by atoms with Gasteiger partial charge in [0.15, 0.2) is 5.78 Å². The Balaban J connectivity index is 0.00000116. The first-order valence-electron chi connectivity index (χ1n) is 7.79. The number of Topliss-reactive ketones (excluding diaryl/α,β-unsaturated/α-hetero) is 1. The van der Waals surface area contributed by atoms with Crippen LogP contribution in [0.25, 0.3) is 0 Å². The van der Waals surface area contributed by atoms with E-state index in [9.17, 15) is 9.59 Å². The number of hydrogen-bond donors (Lipinski definition) is 0. The molecular formula is C17H24O5. The monoisotopic (exact) mass is 308 g/mol. The van der Waals surface area contributed by atoms with E-state index >= 15 is 0 Å². The van der Waals surface area contributed by atoms with Crippen LogP contribution in [-0.2, 0) is 9.53 Å². The van der Waals surface area contributed by atoms with Gasteiger partial charge in [-0.1, -0.05) is 13.8 Å². The molecule has 0 unspecified atom stereocenters. The lowest BCUT2D eigenvalue weighted by Gasteiger charge is -2.17. The van der Waals surface area contributed by atoms with Gasteiger partial charge in [-0.3, -0.25) is 9.59 Å². The second kappa shape index (κ2) is 9.82. The van der Waals surface area contributed by atoms with Gasteiger partial charge in [0.1, 0.15) is 11.5 Å². The average Bonchev–Trinajstić information content (AvgIpc) is 2.54. The summed E-state index contributed by atoms with van der Waals surface area (Å²) in [6.07, 6.45) is 1.36. The highest BCUT2D eigenvalue weighted by atomic mass is 16.5. The third-order valence-corrected chi connectivity index (χ3v) is 2.94. The van der Waals surface area contributed by atoms with E-state index in [1.807, 2.05) is 13.8 Å². The van der Waals surface area contributed by atoms with Crippen LogP contribution in [0.2, 0.25) is 0 Å². The highest BCUT2D eigenvalue weighted by molar-refractivity contribution is 5.99. The van der Waals surface area contributed by atoms with E-state index < -0.39 is 0 Å². The van der Waals surface area contributed by atoms with Crippen LogP contribution in [0.15, 0.2) is 18.2 Å². The summed E-state index contributed by atoms with van der Waals surface area (Å²) in [6.45, 7) is 7.02. The van der Waals surface area contributed by atoms with E-state index in [4.69, 9.17) is 14.2 Å². The number of ether oxygens (including phenoxy) is 3. The minimum Gasteiger partial charge on any atom is -0.493 e. The third-order valence-electron chi connectivity index (χ3n) is 2.94. The van der Waals surface area contributed by atoms with Crippen molar-refractivity contribution in [3.63, 3.8) is 0 Å². The van der Waals surface area contributed by atoms with Crippen molar-refractivity contribution in [2.45, 2.75) is 40.0 Å². The van der Waals surface area contributed by atoms with E-state index in [1.54, 1.807) is 25.1 Å². The zero-order valence-corrected chi connectivity index (χ0v) is 13.5. The molecule has 0 saturated heterocycles. The maximum atomic E-state index is 11.6. The fourth-order valence-corrected chi connectivity index (χ4v) is 1.97. The molecule has 1 aromatic carbocycles. The van der Waals surface area contributed by atoms with Gasteiger partial charge in [0.2, 0.25) is 0 Å². The summed E-state index contributed by atoms with van der Waals surface area (Å²) in [6, 6.07) is 5.18. The molecule has 1 aromatic rings. The standard InChI is InChI=1S/C15H18O5.C2H6/c1-2-18-15(17)4-3-8-19-11-5-6-12-13(16)7-9-20-14(12)10-11;1-2/h5-6,10H,2-4,7-9H2,1H3;1-2H3. The lowest BCUT2D eigenvalue weighted by atomic mass is 10.1. The van der Waals surface area contributed by atoms with Crippen LogP contribution in [0.3, 0.4) is 0 Å². The Morgan fingerprint density at radius 1 is 1.32 bits per heavy atom. The number of carbonyl (C=O) groups excluding carboxylic acids is 2. The molecular weight excluding hydrogens is 284 g/mol. The Morgan fingerprint density at radius 3 is 2.82 bits per heavy atom. The summed E-state index contributed by atoms with van der Waals surface area (Å²) in [5.74, 6) is 1.10. The summed E-state index contributed by atoms with van der Waals surface area (Å²) in [7, 11) is 0. The molecule has 0 radical (unpaired) electrons. The smallest absolute Gasteiger partial charge is 0.305 e. The van der Waals surface area contributed by atoms with E-state index in [2.05, 4.69) is 0 Å². The second-order valence-electron chi connectivity index (χ2n) is 4.44. The number of hydrogen-bond acceptors (Lipinski definition) is 5. The molecule has 1 aliphatic rings. The van der Waals surface area contributed by atoms with E-state index in [-0.39, 0.29) is 11.8 Å². The summed E-state index contributed by atoms with van der Waals surface area (Å²) in [5.41, 5.74) is 0.607. The largest absolute Gasteiger partial charge is 0.493 e. The van der Waals surface area contributed by atoms with Crippen molar-refractivity contribution in [2.24, 2.45) is 0 Å². The molecule has 0 atom stereocenters. The van der Waals surface area contributed by atoms with Crippen LogP contribution < -0.4 is 9.47 Å².